The van der Waals surface area contributed by atoms with Crippen molar-refractivity contribution in [3.8, 4) is 0 Å². The fourth-order valence-corrected chi connectivity index (χ4v) is 1.01. The summed E-state index contributed by atoms with van der Waals surface area (Å²) in [6.07, 6.45) is 4.68. The van der Waals surface area contributed by atoms with E-state index in [1.807, 2.05) is 0 Å². The predicted octanol–water partition coefficient (Wildman–Crippen LogP) is 1.86. The minimum atomic E-state index is -0.175. The number of carbonyl (C=O) groups excluding carboxylic acids is 1. The Morgan fingerprint density at radius 1 is 1.46 bits per heavy atom. The zero-order valence-corrected chi connectivity index (χ0v) is 6.78. The molecule has 0 spiro atoms. The Bertz CT molecular complexity index is 376. The van der Waals surface area contributed by atoms with Crippen LogP contribution in [0.5, 0.6) is 0 Å². The number of aromatic nitrogens is 1. The quantitative estimate of drug-likeness (QED) is 0.733. The molecule has 0 aliphatic rings. The summed E-state index contributed by atoms with van der Waals surface area (Å²) in [6, 6.07) is 5.15. The fourth-order valence-electron chi connectivity index (χ4n) is 1.01. The van der Waals surface area contributed by atoms with Crippen molar-refractivity contribution in [3.05, 3.63) is 42.6 Å². The minimum absolute atomic E-state index is 0.175. The van der Waals surface area contributed by atoms with Gasteiger partial charge in [0.2, 0.25) is 0 Å². The van der Waals surface area contributed by atoms with Crippen LogP contribution < -0.4 is 5.32 Å². The highest BCUT2D eigenvalue weighted by molar-refractivity contribution is 6.02. The van der Waals surface area contributed by atoms with Crippen LogP contribution in [-0.4, -0.2) is 10.9 Å². The van der Waals surface area contributed by atoms with Gasteiger partial charge in [-0.1, -0.05) is 0 Å². The first-order valence-electron chi connectivity index (χ1n) is 3.83. The number of H-pyrrole nitrogens is 1. The van der Waals surface area contributed by atoms with Gasteiger partial charge in [0.25, 0.3) is 5.91 Å². The van der Waals surface area contributed by atoms with Crippen LogP contribution in [0.1, 0.15) is 10.5 Å². The summed E-state index contributed by atoms with van der Waals surface area (Å²) in [5, 5.41) is 2.66. The van der Waals surface area contributed by atoms with Gasteiger partial charge < -0.3 is 14.7 Å². The number of carbonyl (C=O) groups is 1. The number of hydrogen-bond acceptors (Lipinski definition) is 2. The average molecular weight is 176 g/mol. The van der Waals surface area contributed by atoms with E-state index in [4.69, 9.17) is 4.42 Å². The van der Waals surface area contributed by atoms with E-state index in [0.717, 1.165) is 0 Å². The lowest BCUT2D eigenvalue weighted by Gasteiger charge is -1.97. The highest BCUT2D eigenvalue weighted by Gasteiger charge is 2.05. The Hall–Kier alpha value is -1.97. The highest BCUT2D eigenvalue weighted by Crippen LogP contribution is 2.08. The summed E-state index contributed by atoms with van der Waals surface area (Å²) >= 11 is 0. The Labute approximate surface area is 74.6 Å². The van der Waals surface area contributed by atoms with Crippen molar-refractivity contribution in [1.82, 2.24) is 4.98 Å². The smallest absolute Gasteiger partial charge is 0.272 e. The molecule has 2 N–H and O–H groups in total. The largest absolute Gasteiger partial charge is 0.470 e. The molecule has 4 heteroatoms. The van der Waals surface area contributed by atoms with Gasteiger partial charge in [0.05, 0.1) is 12.0 Å². The molecule has 13 heavy (non-hydrogen) atoms. The maximum absolute atomic E-state index is 11.4. The summed E-state index contributed by atoms with van der Waals surface area (Å²) in [4.78, 5) is 14.2. The Balaban J connectivity index is 2.08. The molecule has 66 valence electrons. The van der Waals surface area contributed by atoms with Crippen molar-refractivity contribution in [2.24, 2.45) is 0 Å². The molecule has 0 bridgehead atoms. The van der Waals surface area contributed by atoms with Crippen LogP contribution in [0.3, 0.4) is 0 Å². The maximum Gasteiger partial charge on any atom is 0.272 e. The number of aromatic amines is 1. The van der Waals surface area contributed by atoms with Gasteiger partial charge in [0, 0.05) is 6.20 Å². The molecule has 0 radical (unpaired) electrons. The van der Waals surface area contributed by atoms with Gasteiger partial charge in [-0.15, -0.1) is 0 Å². The van der Waals surface area contributed by atoms with E-state index in [1.54, 1.807) is 24.4 Å². The first-order chi connectivity index (χ1) is 6.36. The molecular weight excluding hydrogens is 168 g/mol. The lowest BCUT2D eigenvalue weighted by Crippen LogP contribution is -2.11. The highest BCUT2D eigenvalue weighted by atomic mass is 16.3. The van der Waals surface area contributed by atoms with Crippen molar-refractivity contribution in [2.45, 2.75) is 0 Å². The van der Waals surface area contributed by atoms with Crippen LogP contribution in [0, 0.1) is 0 Å². The number of furan rings is 1. The van der Waals surface area contributed by atoms with E-state index < -0.39 is 0 Å². The molecule has 1 amide bonds. The summed E-state index contributed by atoms with van der Waals surface area (Å²) in [7, 11) is 0. The second-order valence-electron chi connectivity index (χ2n) is 2.55. The van der Waals surface area contributed by atoms with Crippen LogP contribution in [-0.2, 0) is 0 Å². The fraction of sp³-hybridized carbons (Fsp3) is 0. The predicted molar refractivity (Wildman–Crippen MR) is 47.5 cm³/mol. The Morgan fingerprint density at radius 3 is 3.00 bits per heavy atom. The third kappa shape index (κ3) is 1.61. The van der Waals surface area contributed by atoms with E-state index in [2.05, 4.69) is 10.3 Å². The molecule has 0 fully saturated rings. The topological polar surface area (TPSA) is 58.0 Å². The number of nitrogens with one attached hydrogen (secondary N) is 2. The van der Waals surface area contributed by atoms with Gasteiger partial charge in [-0.25, -0.2) is 0 Å². The molecule has 0 aliphatic carbocycles. The third-order valence-electron chi connectivity index (χ3n) is 1.62. The molecule has 0 saturated heterocycles. The van der Waals surface area contributed by atoms with E-state index in [1.165, 1.54) is 12.5 Å². The van der Waals surface area contributed by atoms with E-state index in [9.17, 15) is 4.79 Å². The first-order valence-corrected chi connectivity index (χ1v) is 3.83. The van der Waals surface area contributed by atoms with Crippen LogP contribution >= 0.6 is 0 Å². The number of rotatable bonds is 2. The molecule has 2 heterocycles. The molecular formula is C9H8N2O2. The molecule has 0 unspecified atom stereocenters. The molecule has 0 atom stereocenters. The molecule has 2 aromatic heterocycles. The van der Waals surface area contributed by atoms with Gasteiger partial charge in [0.1, 0.15) is 12.0 Å². The SMILES string of the molecule is O=C(Nc1ccoc1)c1ccc[nH]1. The summed E-state index contributed by atoms with van der Waals surface area (Å²) < 4.78 is 4.81. The van der Waals surface area contributed by atoms with Gasteiger partial charge in [-0.3, -0.25) is 4.79 Å². The molecule has 2 aromatic rings. The molecule has 0 aliphatic heterocycles. The van der Waals surface area contributed by atoms with Gasteiger partial charge in [-0.2, -0.15) is 0 Å². The van der Waals surface area contributed by atoms with Crippen LogP contribution in [0.15, 0.2) is 41.3 Å². The number of amides is 1. The van der Waals surface area contributed by atoms with Crippen LogP contribution in [0.25, 0.3) is 0 Å². The molecule has 4 nitrogen and oxygen atoms in total. The third-order valence-corrected chi connectivity index (χ3v) is 1.62. The van der Waals surface area contributed by atoms with E-state index in [-0.39, 0.29) is 5.91 Å². The average Bonchev–Trinajstić information content (AvgIpc) is 2.74. The molecule has 2 rings (SSSR count). The van der Waals surface area contributed by atoms with Crippen LogP contribution in [0.2, 0.25) is 0 Å². The Morgan fingerprint density at radius 2 is 2.38 bits per heavy atom. The lowest BCUT2D eigenvalue weighted by atomic mass is 10.4. The van der Waals surface area contributed by atoms with Crippen molar-refractivity contribution in [1.29, 1.82) is 0 Å². The summed E-state index contributed by atoms with van der Waals surface area (Å²) in [5.41, 5.74) is 1.18. The van der Waals surface area contributed by atoms with Crippen molar-refractivity contribution < 1.29 is 9.21 Å². The number of anilines is 1. The monoisotopic (exact) mass is 176 g/mol. The maximum atomic E-state index is 11.4. The standard InChI is InChI=1S/C9H8N2O2/c12-9(8-2-1-4-10-8)11-7-3-5-13-6-7/h1-6,10H,(H,11,12). The zero-order chi connectivity index (χ0) is 9.10. The van der Waals surface area contributed by atoms with Crippen molar-refractivity contribution in [2.75, 3.05) is 5.32 Å². The number of hydrogen-bond donors (Lipinski definition) is 2. The van der Waals surface area contributed by atoms with E-state index >= 15 is 0 Å². The lowest BCUT2D eigenvalue weighted by molar-refractivity contribution is 0.102. The first kappa shape index (κ1) is 7.67. The summed E-state index contributed by atoms with van der Waals surface area (Å²) in [6.45, 7) is 0. The summed E-state index contributed by atoms with van der Waals surface area (Å²) in [5.74, 6) is -0.175. The Kier molecular flexibility index (Phi) is 1.88. The van der Waals surface area contributed by atoms with Gasteiger partial charge >= 0.3 is 0 Å². The zero-order valence-electron chi connectivity index (χ0n) is 6.78. The van der Waals surface area contributed by atoms with Crippen LogP contribution in [0.4, 0.5) is 5.69 Å². The second kappa shape index (κ2) is 3.18. The van der Waals surface area contributed by atoms with Gasteiger partial charge in [0.15, 0.2) is 0 Å². The molecule has 0 aromatic carbocycles. The van der Waals surface area contributed by atoms with Crippen molar-refractivity contribution >= 4 is 11.6 Å². The van der Waals surface area contributed by atoms with E-state index in [0.29, 0.717) is 11.4 Å². The molecule has 0 saturated carbocycles. The van der Waals surface area contributed by atoms with Gasteiger partial charge in [-0.05, 0) is 18.2 Å². The minimum Gasteiger partial charge on any atom is -0.470 e. The normalized spacial score (nSPS) is 9.85. The second-order valence-corrected chi connectivity index (χ2v) is 2.55. The van der Waals surface area contributed by atoms with Crippen molar-refractivity contribution in [3.63, 3.8) is 0 Å².